The molecule has 5 heteroatoms. The lowest BCUT2D eigenvalue weighted by Crippen LogP contribution is -2.32. The van der Waals surface area contributed by atoms with Crippen LogP contribution in [0.3, 0.4) is 0 Å². The van der Waals surface area contributed by atoms with Gasteiger partial charge in [-0.25, -0.2) is 0 Å². The van der Waals surface area contributed by atoms with Crippen LogP contribution in [-0.4, -0.2) is 22.4 Å². The van der Waals surface area contributed by atoms with E-state index in [0.29, 0.717) is 23.8 Å². The monoisotopic (exact) mass is 291 g/mol. The summed E-state index contributed by atoms with van der Waals surface area (Å²) in [5, 5.41) is 10.8. The van der Waals surface area contributed by atoms with Crippen molar-refractivity contribution in [2.75, 3.05) is 6.61 Å². The Balaban J connectivity index is 2.19. The van der Waals surface area contributed by atoms with Crippen LogP contribution in [0.4, 0.5) is 0 Å². The topological polar surface area (TPSA) is 51.5 Å². The van der Waals surface area contributed by atoms with Crippen molar-refractivity contribution in [3.8, 4) is 5.75 Å². The fourth-order valence-electron chi connectivity index (χ4n) is 2.54. The summed E-state index contributed by atoms with van der Waals surface area (Å²) < 4.78 is 7.11. The second-order valence-electron chi connectivity index (χ2n) is 4.78. The van der Waals surface area contributed by atoms with E-state index in [1.807, 2.05) is 24.3 Å². The van der Waals surface area contributed by atoms with Gasteiger partial charge in [-0.3, -0.25) is 4.79 Å². The van der Waals surface area contributed by atoms with Crippen LogP contribution in [0.25, 0.3) is 0 Å². The van der Waals surface area contributed by atoms with E-state index in [-0.39, 0.29) is 5.56 Å². The largest absolute Gasteiger partial charge is 0.493 e. The average Bonchev–Trinajstić information content (AvgIpc) is 2.60. The third-order valence-electron chi connectivity index (χ3n) is 3.48. The van der Waals surface area contributed by atoms with Crippen LogP contribution in [0.5, 0.6) is 5.75 Å². The van der Waals surface area contributed by atoms with E-state index >= 15 is 0 Å². The van der Waals surface area contributed by atoms with Gasteiger partial charge in [0.25, 0.3) is 5.56 Å². The van der Waals surface area contributed by atoms with Crippen LogP contribution in [0.1, 0.15) is 18.0 Å². The molecule has 3 rings (SSSR count). The summed E-state index contributed by atoms with van der Waals surface area (Å²) in [6, 6.07) is 9.91. The SMILES string of the molecule is O=c1ccc(Cl)cn1[C@H]1c2ccccc2OCC[C@@H]1O. The third-order valence-corrected chi connectivity index (χ3v) is 3.70. The van der Waals surface area contributed by atoms with Gasteiger partial charge in [0.05, 0.1) is 23.8 Å². The Morgan fingerprint density at radius 3 is 2.90 bits per heavy atom. The molecule has 4 nitrogen and oxygen atoms in total. The first-order valence-corrected chi connectivity index (χ1v) is 6.82. The smallest absolute Gasteiger partial charge is 0.251 e. The highest BCUT2D eigenvalue weighted by Crippen LogP contribution is 2.33. The van der Waals surface area contributed by atoms with E-state index in [1.54, 1.807) is 12.3 Å². The minimum atomic E-state index is -0.699. The molecular weight excluding hydrogens is 278 g/mol. The first-order valence-electron chi connectivity index (χ1n) is 6.44. The van der Waals surface area contributed by atoms with Crippen LogP contribution < -0.4 is 10.3 Å². The molecule has 1 aromatic heterocycles. The number of hydrogen-bond donors (Lipinski definition) is 1. The second-order valence-corrected chi connectivity index (χ2v) is 5.22. The number of benzene rings is 1. The molecule has 1 aliphatic heterocycles. The van der Waals surface area contributed by atoms with Crippen molar-refractivity contribution in [1.29, 1.82) is 0 Å². The fraction of sp³-hybridized carbons (Fsp3) is 0.267. The standard InChI is InChI=1S/C15H14ClNO3/c16-10-5-6-14(19)17(9-10)15-11-3-1-2-4-13(11)20-8-7-12(15)18/h1-6,9,12,15,18H,7-8H2/t12-,15-/m0/s1. The number of nitrogens with zero attached hydrogens (tertiary/aromatic N) is 1. The van der Waals surface area contributed by atoms with Crippen molar-refractivity contribution in [2.45, 2.75) is 18.6 Å². The third kappa shape index (κ3) is 2.32. The van der Waals surface area contributed by atoms with Gasteiger partial charge >= 0.3 is 0 Å². The Hall–Kier alpha value is -1.78. The first kappa shape index (κ1) is 13.2. The molecule has 104 valence electrons. The van der Waals surface area contributed by atoms with Gasteiger partial charge in [0.2, 0.25) is 0 Å². The molecule has 1 aliphatic rings. The summed E-state index contributed by atoms with van der Waals surface area (Å²) in [5.41, 5.74) is 0.594. The molecule has 1 N–H and O–H groups in total. The van der Waals surface area contributed by atoms with Gasteiger partial charge in [0, 0.05) is 24.2 Å². The fourth-order valence-corrected chi connectivity index (χ4v) is 2.71. The van der Waals surface area contributed by atoms with Crippen LogP contribution in [0.2, 0.25) is 5.02 Å². The summed E-state index contributed by atoms with van der Waals surface area (Å²) in [4.78, 5) is 12.1. The maximum atomic E-state index is 12.1. The van der Waals surface area contributed by atoms with E-state index in [4.69, 9.17) is 16.3 Å². The molecule has 0 spiro atoms. The number of rotatable bonds is 1. The molecule has 1 aromatic carbocycles. The zero-order chi connectivity index (χ0) is 14.1. The number of aliphatic hydroxyl groups excluding tert-OH is 1. The van der Waals surface area contributed by atoms with Gasteiger partial charge in [-0.2, -0.15) is 0 Å². The van der Waals surface area contributed by atoms with Gasteiger partial charge in [0.1, 0.15) is 5.75 Å². The summed E-state index contributed by atoms with van der Waals surface area (Å²) in [6.45, 7) is 0.421. The van der Waals surface area contributed by atoms with Crippen LogP contribution in [0.15, 0.2) is 47.4 Å². The molecular formula is C15H14ClNO3. The molecule has 2 heterocycles. The molecule has 0 fully saturated rings. The Kier molecular flexibility index (Phi) is 3.51. The average molecular weight is 292 g/mol. The number of ether oxygens (including phenoxy) is 1. The van der Waals surface area contributed by atoms with E-state index in [1.165, 1.54) is 10.6 Å². The minimum Gasteiger partial charge on any atom is -0.493 e. The van der Waals surface area contributed by atoms with Crippen molar-refractivity contribution in [2.24, 2.45) is 0 Å². The number of pyridine rings is 1. The van der Waals surface area contributed by atoms with Crippen molar-refractivity contribution >= 4 is 11.6 Å². The summed E-state index contributed by atoms with van der Waals surface area (Å²) in [5.74, 6) is 0.695. The molecule has 0 radical (unpaired) electrons. The molecule has 2 aromatic rings. The Morgan fingerprint density at radius 1 is 1.25 bits per heavy atom. The molecule has 0 aliphatic carbocycles. The molecule has 0 saturated heterocycles. The van der Waals surface area contributed by atoms with Gasteiger partial charge in [0.15, 0.2) is 0 Å². The zero-order valence-corrected chi connectivity index (χ0v) is 11.5. The summed E-state index contributed by atoms with van der Waals surface area (Å²) >= 11 is 5.98. The highest BCUT2D eigenvalue weighted by molar-refractivity contribution is 6.30. The molecule has 0 saturated carbocycles. The quantitative estimate of drug-likeness (QED) is 0.876. The number of hydrogen-bond acceptors (Lipinski definition) is 3. The van der Waals surface area contributed by atoms with Crippen LogP contribution >= 0.6 is 11.6 Å². The van der Waals surface area contributed by atoms with E-state index in [2.05, 4.69) is 0 Å². The zero-order valence-electron chi connectivity index (χ0n) is 10.7. The summed E-state index contributed by atoms with van der Waals surface area (Å²) in [6.07, 6.45) is 1.31. The number of para-hydroxylation sites is 1. The summed E-state index contributed by atoms with van der Waals surface area (Å²) in [7, 11) is 0. The lowest BCUT2D eigenvalue weighted by atomic mass is 9.99. The maximum absolute atomic E-state index is 12.1. The normalized spacial score (nSPS) is 21.7. The Morgan fingerprint density at radius 2 is 2.05 bits per heavy atom. The molecule has 0 bridgehead atoms. The molecule has 2 atom stereocenters. The van der Waals surface area contributed by atoms with Crippen LogP contribution in [-0.2, 0) is 0 Å². The van der Waals surface area contributed by atoms with Crippen molar-refractivity contribution in [1.82, 2.24) is 4.57 Å². The van der Waals surface area contributed by atoms with Gasteiger partial charge in [-0.1, -0.05) is 29.8 Å². The van der Waals surface area contributed by atoms with Crippen molar-refractivity contribution in [3.63, 3.8) is 0 Å². The number of halogens is 1. The lowest BCUT2D eigenvalue weighted by molar-refractivity contribution is 0.112. The van der Waals surface area contributed by atoms with Gasteiger partial charge in [-0.05, 0) is 12.1 Å². The number of fused-ring (bicyclic) bond motifs is 1. The molecule has 0 amide bonds. The van der Waals surface area contributed by atoms with Crippen LogP contribution in [0, 0.1) is 0 Å². The predicted octanol–water partition coefficient (Wildman–Crippen LogP) is 2.23. The number of aromatic nitrogens is 1. The molecule has 20 heavy (non-hydrogen) atoms. The first-order chi connectivity index (χ1) is 9.66. The van der Waals surface area contributed by atoms with E-state index in [9.17, 15) is 9.90 Å². The predicted molar refractivity (Wildman–Crippen MR) is 76.4 cm³/mol. The van der Waals surface area contributed by atoms with Crippen molar-refractivity contribution < 1.29 is 9.84 Å². The van der Waals surface area contributed by atoms with Gasteiger partial charge < -0.3 is 14.4 Å². The number of aliphatic hydroxyl groups is 1. The van der Waals surface area contributed by atoms with Crippen molar-refractivity contribution in [3.05, 3.63) is 63.5 Å². The highest BCUT2D eigenvalue weighted by Gasteiger charge is 2.29. The highest BCUT2D eigenvalue weighted by atomic mass is 35.5. The maximum Gasteiger partial charge on any atom is 0.251 e. The van der Waals surface area contributed by atoms with E-state index in [0.717, 1.165) is 5.56 Å². The Labute approximate surface area is 121 Å². The second kappa shape index (κ2) is 5.31. The van der Waals surface area contributed by atoms with Gasteiger partial charge in [-0.15, -0.1) is 0 Å². The lowest BCUT2D eigenvalue weighted by Gasteiger charge is -2.23. The Bertz CT molecular complexity index is 683. The minimum absolute atomic E-state index is 0.199. The molecule has 0 unspecified atom stereocenters. The van der Waals surface area contributed by atoms with E-state index < -0.39 is 12.1 Å².